The zero-order valence-electron chi connectivity index (χ0n) is 10.4. The van der Waals surface area contributed by atoms with E-state index in [9.17, 15) is 4.79 Å². The van der Waals surface area contributed by atoms with E-state index in [0.717, 1.165) is 10.9 Å². The molecular weight excluding hydrogens is 270 g/mol. The second-order valence-corrected chi connectivity index (χ2v) is 5.71. The number of β-lactam (4-membered cyclic amide) rings is 1. The number of ether oxygens (including phenoxy) is 1. The summed E-state index contributed by atoms with van der Waals surface area (Å²) in [6.45, 7) is 10.7. The van der Waals surface area contributed by atoms with Crippen LogP contribution in [-0.2, 0) is 9.53 Å². The molecule has 0 bridgehead atoms. The Morgan fingerprint density at radius 1 is 1.62 bits per heavy atom. The molecule has 16 heavy (non-hydrogen) atoms. The molecule has 0 aromatic carbocycles. The van der Waals surface area contributed by atoms with Crippen molar-refractivity contribution in [2.24, 2.45) is 5.41 Å². The van der Waals surface area contributed by atoms with Crippen LogP contribution in [0.15, 0.2) is 12.2 Å². The fourth-order valence-electron chi connectivity index (χ4n) is 2.12. The quantitative estimate of drug-likeness (QED) is 0.441. The predicted octanol–water partition coefficient (Wildman–Crippen LogP) is 2.21. The highest BCUT2D eigenvalue weighted by atomic mass is 79.9. The van der Waals surface area contributed by atoms with Crippen molar-refractivity contribution in [3.8, 4) is 0 Å². The lowest BCUT2D eigenvalue weighted by Gasteiger charge is -2.53. The highest BCUT2D eigenvalue weighted by molar-refractivity contribution is 9.09. The number of rotatable bonds is 5. The van der Waals surface area contributed by atoms with Gasteiger partial charge in [0.1, 0.15) is 0 Å². The van der Waals surface area contributed by atoms with E-state index in [1.165, 1.54) is 0 Å². The fourth-order valence-corrected chi connectivity index (χ4v) is 2.46. The van der Waals surface area contributed by atoms with Crippen molar-refractivity contribution < 1.29 is 9.53 Å². The first-order valence-electron chi connectivity index (χ1n) is 5.38. The van der Waals surface area contributed by atoms with E-state index in [1.54, 1.807) is 7.11 Å². The summed E-state index contributed by atoms with van der Waals surface area (Å²) in [6.07, 6.45) is -0.299. The number of carbonyl (C=O) groups excluding carboxylic acids is 1. The average molecular weight is 290 g/mol. The van der Waals surface area contributed by atoms with Gasteiger partial charge >= 0.3 is 0 Å². The molecule has 2 atom stereocenters. The van der Waals surface area contributed by atoms with E-state index < -0.39 is 0 Å². The standard InChI is InChI=1S/C12H20BrNO2/c1-8(2)6-14-10(12(3,4)7-13)9(16-5)11(14)15/h9-10H,1,6-7H2,2-5H3/t9-,10-/m0/s1. The molecule has 0 aromatic heterocycles. The predicted molar refractivity (Wildman–Crippen MR) is 68.7 cm³/mol. The number of nitrogens with zero attached hydrogens (tertiary/aromatic N) is 1. The van der Waals surface area contributed by atoms with Gasteiger partial charge in [-0.2, -0.15) is 0 Å². The Balaban J connectivity index is 2.84. The first-order valence-corrected chi connectivity index (χ1v) is 6.51. The minimum absolute atomic E-state index is 0.00400. The van der Waals surface area contributed by atoms with Crippen LogP contribution in [0.5, 0.6) is 0 Å². The maximum atomic E-state index is 11.8. The second kappa shape index (κ2) is 4.88. The Morgan fingerprint density at radius 2 is 2.19 bits per heavy atom. The zero-order chi connectivity index (χ0) is 12.5. The van der Waals surface area contributed by atoms with Crippen molar-refractivity contribution in [1.29, 1.82) is 0 Å². The molecule has 1 heterocycles. The van der Waals surface area contributed by atoms with E-state index >= 15 is 0 Å². The minimum Gasteiger partial charge on any atom is -0.369 e. The van der Waals surface area contributed by atoms with E-state index in [-0.39, 0.29) is 23.5 Å². The van der Waals surface area contributed by atoms with Crippen LogP contribution in [0.3, 0.4) is 0 Å². The minimum atomic E-state index is -0.299. The van der Waals surface area contributed by atoms with Gasteiger partial charge in [-0.15, -0.1) is 0 Å². The summed E-state index contributed by atoms with van der Waals surface area (Å²) in [5.41, 5.74) is 1.00. The fraction of sp³-hybridized carbons (Fsp3) is 0.750. The Hall–Kier alpha value is -0.350. The lowest BCUT2D eigenvalue weighted by Crippen LogP contribution is -2.70. The molecular formula is C12H20BrNO2. The van der Waals surface area contributed by atoms with Crippen molar-refractivity contribution in [1.82, 2.24) is 4.90 Å². The van der Waals surface area contributed by atoms with Gasteiger partial charge in [0.15, 0.2) is 6.10 Å². The van der Waals surface area contributed by atoms with Crippen molar-refractivity contribution in [2.75, 3.05) is 19.0 Å². The van der Waals surface area contributed by atoms with Crippen LogP contribution in [0, 0.1) is 5.41 Å². The molecule has 1 aliphatic rings. The number of alkyl halides is 1. The van der Waals surface area contributed by atoms with Gasteiger partial charge in [-0.1, -0.05) is 41.9 Å². The molecule has 4 heteroatoms. The summed E-state index contributed by atoms with van der Waals surface area (Å²) in [5, 5.41) is 0.838. The van der Waals surface area contributed by atoms with Gasteiger partial charge in [0.25, 0.3) is 5.91 Å². The number of hydrogen-bond donors (Lipinski definition) is 0. The van der Waals surface area contributed by atoms with Crippen LogP contribution in [0.1, 0.15) is 20.8 Å². The summed E-state index contributed by atoms with van der Waals surface area (Å²) in [7, 11) is 1.60. The number of halogens is 1. The van der Waals surface area contributed by atoms with Gasteiger partial charge in [-0.05, 0) is 12.3 Å². The molecule has 3 nitrogen and oxygen atoms in total. The van der Waals surface area contributed by atoms with Crippen LogP contribution in [0.25, 0.3) is 0 Å². The van der Waals surface area contributed by atoms with E-state index in [1.807, 2.05) is 11.8 Å². The third kappa shape index (κ3) is 2.33. The van der Waals surface area contributed by atoms with Crippen LogP contribution < -0.4 is 0 Å². The molecule has 1 fully saturated rings. The van der Waals surface area contributed by atoms with Crippen LogP contribution in [0.2, 0.25) is 0 Å². The number of carbonyl (C=O) groups is 1. The first kappa shape index (κ1) is 13.7. The summed E-state index contributed by atoms with van der Waals surface area (Å²) >= 11 is 3.50. The first-order chi connectivity index (χ1) is 7.35. The van der Waals surface area contributed by atoms with Crippen molar-refractivity contribution in [3.63, 3.8) is 0 Å². The van der Waals surface area contributed by atoms with E-state index in [2.05, 4.69) is 36.4 Å². The third-order valence-corrected chi connectivity index (χ3v) is 4.43. The van der Waals surface area contributed by atoms with Gasteiger partial charge < -0.3 is 9.64 Å². The summed E-state index contributed by atoms with van der Waals surface area (Å²) < 4.78 is 5.27. The highest BCUT2D eigenvalue weighted by Crippen LogP contribution is 2.38. The molecule has 1 rings (SSSR count). The van der Waals surface area contributed by atoms with Crippen LogP contribution in [-0.4, -0.2) is 41.9 Å². The van der Waals surface area contributed by atoms with Crippen LogP contribution in [0.4, 0.5) is 0 Å². The smallest absolute Gasteiger partial charge is 0.254 e. The molecule has 92 valence electrons. The Morgan fingerprint density at radius 3 is 2.56 bits per heavy atom. The number of hydrogen-bond acceptors (Lipinski definition) is 2. The Kier molecular flexibility index (Phi) is 4.18. The number of amides is 1. The van der Waals surface area contributed by atoms with Gasteiger partial charge in [0.05, 0.1) is 6.04 Å². The topological polar surface area (TPSA) is 29.5 Å². The largest absolute Gasteiger partial charge is 0.369 e. The van der Waals surface area contributed by atoms with Gasteiger partial charge in [0.2, 0.25) is 0 Å². The van der Waals surface area contributed by atoms with Crippen LogP contribution >= 0.6 is 15.9 Å². The van der Waals surface area contributed by atoms with Gasteiger partial charge in [0, 0.05) is 19.0 Å². The second-order valence-electron chi connectivity index (χ2n) is 5.15. The molecule has 0 saturated carbocycles. The molecule has 0 spiro atoms. The molecule has 0 radical (unpaired) electrons. The lowest BCUT2D eigenvalue weighted by atomic mass is 9.76. The van der Waals surface area contributed by atoms with Gasteiger partial charge in [-0.3, -0.25) is 4.79 Å². The van der Waals surface area contributed by atoms with E-state index in [0.29, 0.717) is 6.54 Å². The third-order valence-electron chi connectivity index (χ3n) is 2.99. The SMILES string of the molecule is C=C(C)CN1C(=O)[C@@H](OC)[C@H]1C(C)(C)CBr. The normalized spacial score (nSPS) is 25.6. The van der Waals surface area contributed by atoms with Crippen molar-refractivity contribution in [2.45, 2.75) is 32.9 Å². The zero-order valence-corrected chi connectivity index (χ0v) is 12.0. The molecule has 0 N–H and O–H groups in total. The summed E-state index contributed by atoms with van der Waals surface area (Å²) in [6, 6.07) is 0.126. The molecule has 1 aliphatic heterocycles. The molecule has 1 saturated heterocycles. The summed E-state index contributed by atoms with van der Waals surface area (Å²) in [4.78, 5) is 13.7. The maximum Gasteiger partial charge on any atom is 0.254 e. The Bertz CT molecular complexity index is 301. The monoisotopic (exact) mass is 289 g/mol. The average Bonchev–Trinajstić information content (AvgIpc) is 2.21. The van der Waals surface area contributed by atoms with E-state index in [4.69, 9.17) is 4.74 Å². The summed E-state index contributed by atoms with van der Waals surface area (Å²) in [5.74, 6) is 0.0736. The maximum absolute atomic E-state index is 11.8. The van der Waals surface area contributed by atoms with Gasteiger partial charge in [-0.25, -0.2) is 0 Å². The molecule has 0 unspecified atom stereocenters. The molecule has 0 aliphatic carbocycles. The number of methoxy groups -OCH3 is 1. The van der Waals surface area contributed by atoms with Crippen molar-refractivity contribution >= 4 is 21.8 Å². The highest BCUT2D eigenvalue weighted by Gasteiger charge is 2.54. The number of likely N-dealkylation sites (tertiary alicyclic amines) is 1. The lowest BCUT2D eigenvalue weighted by molar-refractivity contribution is -0.178. The molecule has 1 amide bonds. The Labute approximate surface area is 106 Å². The van der Waals surface area contributed by atoms with Crippen molar-refractivity contribution in [3.05, 3.63) is 12.2 Å². The molecule has 0 aromatic rings.